The average Bonchev–Trinajstić information content (AvgIpc) is 2.97. The van der Waals surface area contributed by atoms with Gasteiger partial charge in [-0.15, -0.1) is 12.8 Å². The van der Waals surface area contributed by atoms with Crippen LogP contribution >= 0.6 is 0 Å². The first kappa shape index (κ1) is 25.6. The number of furan rings is 1. The third-order valence-corrected chi connectivity index (χ3v) is 1.69. The minimum absolute atomic E-state index is 0.587. The summed E-state index contributed by atoms with van der Waals surface area (Å²) in [4.78, 5) is 0. The Morgan fingerprint density at radius 3 is 1.56 bits per heavy atom. The van der Waals surface area contributed by atoms with Gasteiger partial charge in [0, 0.05) is 6.42 Å². The summed E-state index contributed by atoms with van der Waals surface area (Å²) in [5, 5.41) is 0. The van der Waals surface area contributed by atoms with Crippen LogP contribution in [0.15, 0.2) is 16.7 Å². The molecule has 1 nitrogen and oxygen atoms in total. The highest BCUT2D eigenvalue weighted by Gasteiger charge is 2.02. The zero-order valence-corrected chi connectivity index (χ0v) is 14.0. The highest BCUT2D eigenvalue weighted by atomic mass is 16.3. The lowest BCUT2D eigenvalue weighted by Crippen LogP contribution is -1.80. The first-order valence-corrected chi connectivity index (χ1v) is 7.14. The molecule has 0 saturated heterocycles. The van der Waals surface area contributed by atoms with Gasteiger partial charge in [0.1, 0.15) is 5.76 Å². The minimum Gasteiger partial charge on any atom is -0.469 e. The van der Waals surface area contributed by atoms with Gasteiger partial charge in [-0.2, -0.15) is 0 Å². The Morgan fingerprint density at radius 2 is 1.39 bits per heavy atom. The highest BCUT2D eigenvalue weighted by molar-refractivity contribution is 5.15. The maximum absolute atomic E-state index is 5.28. The van der Waals surface area contributed by atoms with Crippen molar-refractivity contribution >= 4 is 0 Å². The average molecular weight is 254 g/mol. The molecule has 1 heteroatoms. The summed E-state index contributed by atoms with van der Waals surface area (Å²) in [6.45, 7) is 18.4. The lowest BCUT2D eigenvalue weighted by atomic mass is 10.1. The van der Waals surface area contributed by atoms with Crippen molar-refractivity contribution in [2.75, 3.05) is 0 Å². The van der Waals surface area contributed by atoms with E-state index in [0.29, 0.717) is 5.92 Å². The van der Waals surface area contributed by atoms with E-state index in [0.717, 1.165) is 12.2 Å². The Labute approximate surface area is 116 Å². The molecule has 1 aromatic rings. The summed E-state index contributed by atoms with van der Waals surface area (Å²) in [7, 11) is 0. The summed E-state index contributed by atoms with van der Waals surface area (Å²) in [5.41, 5.74) is 1.30. The van der Waals surface area contributed by atoms with E-state index in [-0.39, 0.29) is 0 Å². The third kappa shape index (κ3) is 14.8. The second kappa shape index (κ2) is 24.9. The molecule has 0 radical (unpaired) electrons. The van der Waals surface area contributed by atoms with Gasteiger partial charge in [-0.25, -0.2) is 0 Å². The van der Waals surface area contributed by atoms with Gasteiger partial charge in [0.15, 0.2) is 0 Å². The quantitative estimate of drug-likeness (QED) is 0.565. The zero-order valence-electron chi connectivity index (χ0n) is 14.0. The van der Waals surface area contributed by atoms with Crippen LogP contribution in [0.3, 0.4) is 0 Å². The molecule has 1 rings (SSSR count). The van der Waals surface area contributed by atoms with Crippen molar-refractivity contribution < 1.29 is 4.42 Å². The van der Waals surface area contributed by atoms with E-state index in [9.17, 15) is 0 Å². The second-order valence-corrected chi connectivity index (χ2v) is 2.85. The normalized spacial score (nSPS) is 7.11. The molecule has 18 heavy (non-hydrogen) atoms. The molecule has 0 aliphatic heterocycles. The molecule has 0 fully saturated rings. The molecular weight excluding hydrogens is 220 g/mol. The van der Waals surface area contributed by atoms with Gasteiger partial charge >= 0.3 is 0 Å². The van der Waals surface area contributed by atoms with Gasteiger partial charge in [0.25, 0.3) is 0 Å². The monoisotopic (exact) mass is 254 g/mol. The molecular formula is C17H34O. The third-order valence-electron chi connectivity index (χ3n) is 1.69. The number of terminal acetylenes is 1. The Hall–Kier alpha value is -1.16. The van der Waals surface area contributed by atoms with Crippen LogP contribution in [0.25, 0.3) is 0 Å². The summed E-state index contributed by atoms with van der Waals surface area (Å²) in [6.07, 6.45) is 10.8. The Bertz CT molecular complexity index is 231. The van der Waals surface area contributed by atoms with Crippen LogP contribution in [0.1, 0.15) is 79.6 Å². The van der Waals surface area contributed by atoms with Crippen LogP contribution in [0.4, 0.5) is 0 Å². The van der Waals surface area contributed by atoms with Gasteiger partial charge in [0.2, 0.25) is 0 Å². The van der Waals surface area contributed by atoms with Crippen LogP contribution in [0.5, 0.6) is 0 Å². The molecule has 1 aromatic heterocycles. The van der Waals surface area contributed by atoms with E-state index >= 15 is 0 Å². The second-order valence-electron chi connectivity index (χ2n) is 2.85. The van der Waals surface area contributed by atoms with E-state index in [2.05, 4.69) is 39.7 Å². The lowest BCUT2D eigenvalue weighted by molar-refractivity contribution is 0.513. The van der Waals surface area contributed by atoms with E-state index in [4.69, 9.17) is 4.42 Å². The molecule has 1 heterocycles. The van der Waals surface area contributed by atoms with Gasteiger partial charge < -0.3 is 4.42 Å². The van der Waals surface area contributed by atoms with Crippen molar-refractivity contribution in [2.45, 2.75) is 74.7 Å². The van der Waals surface area contributed by atoms with Crippen LogP contribution in [0.2, 0.25) is 0 Å². The van der Waals surface area contributed by atoms with Gasteiger partial charge in [0.05, 0.1) is 6.26 Å². The van der Waals surface area contributed by atoms with Gasteiger partial charge in [-0.05, 0) is 17.5 Å². The molecule has 108 valence electrons. The summed E-state index contributed by atoms with van der Waals surface area (Å²) in [6, 6.07) is 2.13. The van der Waals surface area contributed by atoms with Crippen molar-refractivity contribution in [3.63, 3.8) is 0 Å². The van der Waals surface area contributed by atoms with Crippen molar-refractivity contribution in [3.05, 3.63) is 23.7 Å². The molecule has 0 N–H and O–H groups in total. The van der Waals surface area contributed by atoms with Crippen LogP contribution < -0.4 is 0 Å². The van der Waals surface area contributed by atoms with Crippen molar-refractivity contribution in [1.29, 1.82) is 0 Å². The van der Waals surface area contributed by atoms with Crippen molar-refractivity contribution in [2.24, 2.45) is 0 Å². The van der Waals surface area contributed by atoms with Crippen molar-refractivity contribution in [1.82, 2.24) is 0 Å². The van der Waals surface area contributed by atoms with Crippen LogP contribution in [-0.4, -0.2) is 0 Å². The standard InChI is InChI=1S/C9H14O.3C2H6.C2H2/c1-4-9-5-8(6-10-9)7(2)3;4*1-2/h5-7H,4H2,1-3H3;3*1-2H3;1-2H. The topological polar surface area (TPSA) is 13.1 Å². The molecule has 0 bridgehead atoms. The molecule has 0 unspecified atom stereocenters. The molecule has 0 aliphatic rings. The first-order valence-electron chi connectivity index (χ1n) is 7.14. The van der Waals surface area contributed by atoms with E-state index in [1.54, 1.807) is 0 Å². The molecule has 0 aromatic carbocycles. The van der Waals surface area contributed by atoms with E-state index in [1.807, 2.05) is 47.8 Å². The van der Waals surface area contributed by atoms with Crippen LogP contribution in [-0.2, 0) is 6.42 Å². The highest BCUT2D eigenvalue weighted by Crippen LogP contribution is 2.17. The fraction of sp³-hybridized carbons (Fsp3) is 0.647. The zero-order chi connectivity index (χ0) is 15.6. The summed E-state index contributed by atoms with van der Waals surface area (Å²) < 4.78 is 5.28. The minimum atomic E-state index is 0.587. The maximum Gasteiger partial charge on any atom is 0.103 e. The summed E-state index contributed by atoms with van der Waals surface area (Å²) >= 11 is 0. The lowest BCUT2D eigenvalue weighted by Gasteiger charge is -1.95. The number of hydrogen-bond donors (Lipinski definition) is 0. The largest absolute Gasteiger partial charge is 0.469 e. The van der Waals surface area contributed by atoms with Gasteiger partial charge in [-0.1, -0.05) is 62.3 Å². The SMILES string of the molecule is C#C.CC.CC.CC.CCc1cc(C(C)C)co1. The summed E-state index contributed by atoms with van der Waals surface area (Å²) in [5.74, 6) is 1.67. The molecule has 0 spiro atoms. The predicted molar refractivity (Wildman–Crippen MR) is 86.1 cm³/mol. The maximum atomic E-state index is 5.28. The molecule has 0 amide bonds. The Balaban J connectivity index is -0.000000105. The Kier molecular flexibility index (Phi) is 35.4. The molecule has 0 aliphatic carbocycles. The van der Waals surface area contributed by atoms with E-state index in [1.165, 1.54) is 5.56 Å². The van der Waals surface area contributed by atoms with Crippen molar-refractivity contribution in [3.8, 4) is 12.8 Å². The van der Waals surface area contributed by atoms with Crippen LogP contribution in [0, 0.1) is 12.8 Å². The Morgan fingerprint density at radius 1 is 1.00 bits per heavy atom. The van der Waals surface area contributed by atoms with E-state index < -0.39 is 0 Å². The fourth-order valence-electron chi connectivity index (χ4n) is 0.886. The van der Waals surface area contributed by atoms with Gasteiger partial charge in [-0.3, -0.25) is 0 Å². The number of aryl methyl sites for hydroxylation is 1. The number of hydrogen-bond acceptors (Lipinski definition) is 1. The predicted octanol–water partition coefficient (Wildman–Crippen LogP) is 6.29. The molecule has 0 saturated carbocycles. The smallest absolute Gasteiger partial charge is 0.103 e. The fourth-order valence-corrected chi connectivity index (χ4v) is 0.886. The number of rotatable bonds is 2. The first-order chi connectivity index (χ1) is 8.74. The molecule has 0 atom stereocenters.